The summed E-state index contributed by atoms with van der Waals surface area (Å²) in [5, 5.41) is 35.9. The van der Waals surface area contributed by atoms with Gasteiger partial charge >= 0.3 is 5.97 Å². The molecule has 4 heterocycles. The van der Waals surface area contributed by atoms with Crippen molar-refractivity contribution in [1.29, 1.82) is 0 Å². The number of thioether (sulfide) groups is 1. The first-order chi connectivity index (χ1) is 23.3. The molecule has 2 aliphatic heterocycles. The second kappa shape index (κ2) is 15.3. The molecule has 0 radical (unpaired) electrons. The van der Waals surface area contributed by atoms with E-state index in [9.17, 15) is 15.0 Å². The minimum atomic E-state index is -0.995. The summed E-state index contributed by atoms with van der Waals surface area (Å²) in [7, 11) is 1.77. The molecule has 0 unspecified atom stereocenters. The van der Waals surface area contributed by atoms with Gasteiger partial charge in [-0.15, -0.1) is 23.1 Å². The Labute approximate surface area is 293 Å². The number of hydrogen-bond donors (Lipinski definition) is 4. The van der Waals surface area contributed by atoms with Crippen molar-refractivity contribution in [3.63, 3.8) is 0 Å². The number of aliphatic hydroxyl groups excluding tert-OH is 1. The van der Waals surface area contributed by atoms with Gasteiger partial charge in [-0.2, -0.15) is 5.10 Å². The van der Waals surface area contributed by atoms with E-state index in [1.54, 1.807) is 45.9 Å². The number of ether oxygens (including phenoxy) is 1. The Morgan fingerprint density at radius 1 is 1.25 bits per heavy atom. The second-order valence-electron chi connectivity index (χ2n) is 11.9. The molecule has 254 valence electrons. The first kappa shape index (κ1) is 34.3. The summed E-state index contributed by atoms with van der Waals surface area (Å²) in [6, 6.07) is 8.13. The third kappa shape index (κ3) is 7.23. The summed E-state index contributed by atoms with van der Waals surface area (Å²) in [4.78, 5) is 20.0. The van der Waals surface area contributed by atoms with E-state index in [-0.39, 0.29) is 18.8 Å². The normalized spacial score (nSPS) is 16.9. The van der Waals surface area contributed by atoms with Gasteiger partial charge in [-0.3, -0.25) is 5.01 Å². The van der Waals surface area contributed by atoms with Crippen LogP contribution in [-0.2, 0) is 32.2 Å². The third-order valence-electron chi connectivity index (χ3n) is 8.66. The molecule has 0 spiro atoms. The highest BCUT2D eigenvalue weighted by molar-refractivity contribution is 7.98. The molecule has 2 aromatic heterocycles. The zero-order chi connectivity index (χ0) is 33.8. The van der Waals surface area contributed by atoms with Gasteiger partial charge in [-0.25, -0.2) is 9.78 Å². The molecule has 0 saturated heterocycles. The summed E-state index contributed by atoms with van der Waals surface area (Å²) in [6.07, 6.45) is 6.85. The lowest BCUT2D eigenvalue weighted by Crippen LogP contribution is -2.28. The molecule has 0 amide bonds. The van der Waals surface area contributed by atoms with Crippen LogP contribution in [0, 0.1) is 6.92 Å². The number of aryl methyl sites for hydroxylation is 4. The average Bonchev–Trinajstić information content (AvgIpc) is 3.57. The summed E-state index contributed by atoms with van der Waals surface area (Å²) in [5.74, 6) is 0.661. The highest BCUT2D eigenvalue weighted by atomic mass is 35.5. The van der Waals surface area contributed by atoms with Crippen LogP contribution in [0.2, 0.25) is 5.02 Å². The number of carboxylic acids is 1. The first-order valence-electron chi connectivity index (χ1n) is 16.2. The maximum atomic E-state index is 12.7. The number of nitrogens with zero attached hydrogens (tertiary/aromatic N) is 4. The number of aliphatic hydroxyl groups is 1. The van der Waals surface area contributed by atoms with Crippen LogP contribution in [0.25, 0.3) is 17.0 Å². The molecular formula is C35H41ClN6O4S2. The van der Waals surface area contributed by atoms with E-state index >= 15 is 0 Å². The van der Waals surface area contributed by atoms with Crippen molar-refractivity contribution in [3.8, 4) is 5.75 Å². The first-order valence-corrected chi connectivity index (χ1v) is 18.4. The number of rotatable bonds is 5. The lowest BCUT2D eigenvalue weighted by atomic mass is 10.0. The van der Waals surface area contributed by atoms with Crippen LogP contribution in [0.3, 0.4) is 0 Å². The topological polar surface area (TPSA) is 124 Å². The quantitative estimate of drug-likeness (QED) is 0.132. The summed E-state index contributed by atoms with van der Waals surface area (Å²) in [5.41, 5.74) is 6.53. The smallest absolute Gasteiger partial charge is 0.352 e. The van der Waals surface area contributed by atoms with Gasteiger partial charge in [0.15, 0.2) is 0 Å². The number of hydrogen-bond acceptors (Lipinski definition) is 10. The minimum absolute atomic E-state index is 0.0968. The Morgan fingerprint density at radius 2 is 2.10 bits per heavy atom. The number of halogens is 1. The largest absolute Gasteiger partial charge is 0.491 e. The number of thiazole rings is 1. The lowest BCUT2D eigenvalue weighted by molar-refractivity contribution is 0.0685. The predicted octanol–water partition coefficient (Wildman–Crippen LogP) is 6.70. The number of carbonyl (C=O) groups is 1. The van der Waals surface area contributed by atoms with Crippen LogP contribution < -0.4 is 15.4 Å². The van der Waals surface area contributed by atoms with Crippen LogP contribution in [-0.4, -0.2) is 69.8 Å². The van der Waals surface area contributed by atoms with Crippen LogP contribution in [0.5, 0.6) is 5.75 Å². The van der Waals surface area contributed by atoms with Crippen molar-refractivity contribution in [2.24, 2.45) is 12.1 Å². The van der Waals surface area contributed by atoms with E-state index in [0.717, 1.165) is 74.3 Å². The molecule has 48 heavy (non-hydrogen) atoms. The summed E-state index contributed by atoms with van der Waals surface area (Å²) < 4.78 is 8.17. The minimum Gasteiger partial charge on any atom is -0.491 e. The second-order valence-corrected chi connectivity index (χ2v) is 14.5. The van der Waals surface area contributed by atoms with E-state index in [0.29, 0.717) is 43.1 Å². The number of anilines is 1. The molecule has 10 nitrogen and oxygen atoms in total. The monoisotopic (exact) mass is 708 g/mol. The van der Waals surface area contributed by atoms with Gasteiger partial charge < -0.3 is 30.2 Å². The van der Waals surface area contributed by atoms with Crippen LogP contribution in [0.15, 0.2) is 40.0 Å². The van der Waals surface area contributed by atoms with E-state index in [1.165, 1.54) is 10.4 Å². The molecule has 0 atom stereocenters. The predicted molar refractivity (Wildman–Crippen MR) is 196 cm³/mol. The fourth-order valence-electron chi connectivity index (χ4n) is 6.49. The summed E-state index contributed by atoms with van der Waals surface area (Å²) in [6.45, 7) is 6.39. The molecule has 6 rings (SSSR count). The van der Waals surface area contributed by atoms with E-state index in [1.807, 2.05) is 25.1 Å². The Balaban J connectivity index is 1.45. The zero-order valence-corrected chi connectivity index (χ0v) is 29.8. The maximum Gasteiger partial charge on any atom is 0.352 e. The number of nitrogens with one attached hydrogen (secondary N) is 2. The molecule has 0 aliphatic carbocycles. The van der Waals surface area contributed by atoms with Crippen molar-refractivity contribution in [1.82, 2.24) is 19.9 Å². The fourth-order valence-corrected chi connectivity index (χ4v) is 8.87. The number of aromatic carboxylic acids is 1. The van der Waals surface area contributed by atoms with Gasteiger partial charge in [-0.05, 0) is 74.9 Å². The SMILES string of the molecule is C/C=N/N(CCO)/C1=C/c2c(Cl)ccc3c(c(C(=O)O)n(C)c23)CCCOc2cc(cc3c2NCCC3)SCc2sc(nc2C)CNC1. The molecule has 0 saturated carbocycles. The molecule has 2 aliphatic rings. The highest BCUT2D eigenvalue weighted by Gasteiger charge is 2.24. The number of aromatic nitrogens is 2. The van der Waals surface area contributed by atoms with Gasteiger partial charge in [0, 0.05) is 64.4 Å². The summed E-state index contributed by atoms with van der Waals surface area (Å²) >= 11 is 10.4. The van der Waals surface area contributed by atoms with Crippen LogP contribution >= 0.6 is 34.7 Å². The van der Waals surface area contributed by atoms with Gasteiger partial charge in [-0.1, -0.05) is 17.7 Å². The molecule has 8 bridgehead atoms. The zero-order valence-electron chi connectivity index (χ0n) is 27.4. The molecule has 4 N–H and O–H groups in total. The number of carboxylic acid groups (broad SMARTS) is 1. The average molecular weight is 709 g/mol. The molecular weight excluding hydrogens is 668 g/mol. The van der Waals surface area contributed by atoms with Crippen molar-refractivity contribution < 1.29 is 19.7 Å². The van der Waals surface area contributed by atoms with E-state index in [2.05, 4.69) is 34.8 Å². The number of benzene rings is 2. The standard InChI is InChI=1S/C35H41ClN6O4S2/c1-4-39-42(12-13-43)23-16-27-28(36)10-9-26-25(34(35(44)45)41(3)33(26)27)8-6-14-46-29-17-24(15-22-7-5-11-38-32(22)29)47-20-30-21(2)40-31(48-30)19-37-18-23/h4,9-10,15-17,37-38,43H,5-8,11-14,18-20H2,1-3H3,(H,44,45)/b23-16+,39-4+. The van der Waals surface area contributed by atoms with Crippen molar-refractivity contribution in [2.75, 3.05) is 38.2 Å². The van der Waals surface area contributed by atoms with Gasteiger partial charge in [0.2, 0.25) is 0 Å². The van der Waals surface area contributed by atoms with Crippen molar-refractivity contribution >= 4 is 69.5 Å². The van der Waals surface area contributed by atoms with Gasteiger partial charge in [0.1, 0.15) is 16.5 Å². The van der Waals surface area contributed by atoms with Crippen LogP contribution in [0.1, 0.15) is 62.5 Å². The molecule has 4 aromatic rings. The number of fused-ring (bicyclic) bond motifs is 6. The Bertz CT molecular complexity index is 1880. The van der Waals surface area contributed by atoms with Gasteiger partial charge in [0.05, 0.1) is 42.4 Å². The Kier molecular flexibility index (Phi) is 11.0. The molecule has 2 aromatic carbocycles. The maximum absolute atomic E-state index is 12.7. The number of hydrazone groups is 1. The van der Waals surface area contributed by atoms with Crippen molar-refractivity contribution in [2.45, 2.75) is 56.7 Å². The Morgan fingerprint density at radius 3 is 2.90 bits per heavy atom. The van der Waals surface area contributed by atoms with E-state index < -0.39 is 5.97 Å². The van der Waals surface area contributed by atoms with E-state index in [4.69, 9.17) is 21.3 Å². The molecule has 0 fully saturated rings. The lowest BCUT2D eigenvalue weighted by Gasteiger charge is -2.22. The fraction of sp³-hybridized carbons (Fsp3) is 0.400. The molecule has 13 heteroatoms. The Hall–Kier alpha value is -3.55. The van der Waals surface area contributed by atoms with Gasteiger partial charge in [0.25, 0.3) is 0 Å². The third-order valence-corrected chi connectivity index (χ3v) is 11.3. The van der Waals surface area contributed by atoms with Crippen LogP contribution in [0.4, 0.5) is 5.69 Å². The van der Waals surface area contributed by atoms with Crippen molar-refractivity contribution in [3.05, 3.63) is 72.9 Å². The highest BCUT2D eigenvalue weighted by Crippen LogP contribution is 2.39.